The van der Waals surface area contributed by atoms with Crippen molar-refractivity contribution in [3.8, 4) is 0 Å². The fraction of sp³-hybridized carbons (Fsp3) is 0.565. The van der Waals surface area contributed by atoms with Gasteiger partial charge in [-0.2, -0.15) is 5.10 Å². The molecule has 2 amide bonds. The van der Waals surface area contributed by atoms with Gasteiger partial charge >= 0.3 is 6.09 Å². The number of aromatic amines is 1. The van der Waals surface area contributed by atoms with Crippen molar-refractivity contribution in [2.75, 3.05) is 5.32 Å². The summed E-state index contributed by atoms with van der Waals surface area (Å²) in [6.45, 7) is 5.99. The van der Waals surface area contributed by atoms with Gasteiger partial charge < -0.3 is 15.4 Å². The van der Waals surface area contributed by atoms with Gasteiger partial charge in [-0.1, -0.05) is 0 Å². The lowest BCUT2D eigenvalue weighted by Gasteiger charge is -2.21. The van der Waals surface area contributed by atoms with Crippen LogP contribution in [-0.4, -0.2) is 38.8 Å². The fourth-order valence-electron chi connectivity index (χ4n) is 4.24. The molecule has 2 aromatic rings. The second-order valence-electron chi connectivity index (χ2n) is 9.32. The van der Waals surface area contributed by atoms with Gasteiger partial charge in [0.05, 0.1) is 6.42 Å². The summed E-state index contributed by atoms with van der Waals surface area (Å²) in [5, 5.41) is 13.1. The van der Waals surface area contributed by atoms with Gasteiger partial charge in [-0.15, -0.1) is 0 Å². The maximum Gasteiger partial charge on any atom is 0.407 e. The van der Waals surface area contributed by atoms with E-state index in [1.807, 2.05) is 39.0 Å². The summed E-state index contributed by atoms with van der Waals surface area (Å²) in [5.74, 6) is 1.02. The number of aromatic nitrogens is 3. The van der Waals surface area contributed by atoms with Crippen molar-refractivity contribution >= 4 is 17.8 Å². The van der Waals surface area contributed by atoms with Crippen molar-refractivity contribution in [2.24, 2.45) is 5.92 Å². The van der Waals surface area contributed by atoms with E-state index in [9.17, 15) is 9.59 Å². The van der Waals surface area contributed by atoms with E-state index in [0.717, 1.165) is 49.1 Å². The highest BCUT2D eigenvalue weighted by Crippen LogP contribution is 2.40. The van der Waals surface area contributed by atoms with Crippen LogP contribution in [-0.2, 0) is 16.0 Å². The highest BCUT2D eigenvalue weighted by atomic mass is 16.6. The lowest BCUT2D eigenvalue weighted by atomic mass is 9.98. The zero-order valence-electron chi connectivity index (χ0n) is 18.4. The molecule has 2 aromatic heterocycles. The van der Waals surface area contributed by atoms with Gasteiger partial charge in [-0.3, -0.25) is 14.9 Å². The van der Waals surface area contributed by atoms with Crippen LogP contribution in [0.1, 0.15) is 68.8 Å². The topological polar surface area (TPSA) is 109 Å². The number of nitrogens with zero attached hydrogens (tertiary/aromatic N) is 2. The summed E-state index contributed by atoms with van der Waals surface area (Å²) >= 11 is 0. The molecule has 8 nitrogen and oxygen atoms in total. The van der Waals surface area contributed by atoms with E-state index in [4.69, 9.17) is 4.74 Å². The average molecular weight is 426 g/mol. The van der Waals surface area contributed by atoms with Crippen molar-refractivity contribution in [1.29, 1.82) is 0 Å². The third-order valence-electron chi connectivity index (χ3n) is 6.45. The van der Waals surface area contributed by atoms with Crippen LogP contribution in [0.2, 0.25) is 0 Å². The summed E-state index contributed by atoms with van der Waals surface area (Å²) in [4.78, 5) is 28.6. The normalized spacial score (nSPS) is 22.5. The minimum absolute atomic E-state index is 0.0683. The van der Waals surface area contributed by atoms with Gasteiger partial charge in [0.2, 0.25) is 5.91 Å². The number of alkyl carbamates (subject to hydrolysis) is 1. The zero-order chi connectivity index (χ0) is 22.0. The smallest absolute Gasteiger partial charge is 0.407 e. The van der Waals surface area contributed by atoms with Crippen molar-refractivity contribution < 1.29 is 14.3 Å². The van der Waals surface area contributed by atoms with E-state index in [1.165, 1.54) is 0 Å². The summed E-state index contributed by atoms with van der Waals surface area (Å²) in [7, 11) is 0. The summed E-state index contributed by atoms with van der Waals surface area (Å²) < 4.78 is 5.62. The Hall–Kier alpha value is -2.90. The number of nitrogens with one attached hydrogen (secondary N) is 3. The number of hydrogen-bond donors (Lipinski definition) is 3. The van der Waals surface area contributed by atoms with Gasteiger partial charge in [0.25, 0.3) is 0 Å². The molecule has 3 N–H and O–H groups in total. The lowest BCUT2D eigenvalue weighted by molar-refractivity contribution is -0.115. The van der Waals surface area contributed by atoms with E-state index in [2.05, 4.69) is 25.8 Å². The lowest BCUT2D eigenvalue weighted by Crippen LogP contribution is -2.37. The quantitative estimate of drug-likeness (QED) is 0.624. The number of ether oxygens (including phenoxy) is 1. The Morgan fingerprint density at radius 2 is 2.13 bits per heavy atom. The first-order chi connectivity index (χ1) is 14.8. The van der Waals surface area contributed by atoms with Crippen LogP contribution in [0.25, 0.3) is 0 Å². The van der Waals surface area contributed by atoms with Gasteiger partial charge in [0, 0.05) is 35.1 Å². The Labute approximate surface area is 182 Å². The fourth-order valence-corrected chi connectivity index (χ4v) is 4.24. The first-order valence-corrected chi connectivity index (χ1v) is 11.1. The highest BCUT2D eigenvalue weighted by molar-refractivity contribution is 5.91. The molecule has 0 aromatic carbocycles. The van der Waals surface area contributed by atoms with E-state index < -0.39 is 0 Å². The first kappa shape index (κ1) is 21.3. The van der Waals surface area contributed by atoms with Gasteiger partial charge in [0.1, 0.15) is 6.10 Å². The molecule has 0 aliphatic heterocycles. The van der Waals surface area contributed by atoms with Crippen LogP contribution in [0.5, 0.6) is 0 Å². The van der Waals surface area contributed by atoms with E-state index in [-0.39, 0.29) is 30.1 Å². The molecule has 166 valence electrons. The molecule has 31 heavy (non-hydrogen) atoms. The van der Waals surface area contributed by atoms with Crippen LogP contribution in [0.15, 0.2) is 24.4 Å². The number of pyridine rings is 1. The largest absolute Gasteiger partial charge is 0.446 e. The third-order valence-corrected chi connectivity index (χ3v) is 6.45. The minimum Gasteiger partial charge on any atom is -0.446 e. The van der Waals surface area contributed by atoms with Crippen molar-refractivity contribution in [2.45, 2.75) is 76.9 Å². The van der Waals surface area contributed by atoms with Crippen LogP contribution < -0.4 is 10.6 Å². The Balaban J connectivity index is 1.26. The molecule has 2 heterocycles. The second kappa shape index (κ2) is 8.69. The molecule has 0 spiro atoms. The maximum atomic E-state index is 12.3. The van der Waals surface area contributed by atoms with E-state index >= 15 is 0 Å². The number of anilines is 1. The molecule has 2 saturated carbocycles. The van der Waals surface area contributed by atoms with Crippen LogP contribution in [0.3, 0.4) is 0 Å². The maximum absolute atomic E-state index is 12.3. The standard InChI is InChI=1S/C23H31N5O3/c1-14-6-9-24-18(10-14)12-21(29)25-20-13-19(27-28-20)17-5-4-16(11-17)15(2)31-22(30)26-23(3)7-8-23/h6,9-10,13,15-17H,4-5,7-8,11-12H2,1-3H3,(H,26,30)(H2,25,27,28,29)/t15?,16?,17-/m0/s1. The highest BCUT2D eigenvalue weighted by Gasteiger charge is 2.40. The molecule has 4 rings (SSSR count). The number of aryl methyl sites for hydroxylation is 1. The molecular formula is C23H31N5O3. The van der Waals surface area contributed by atoms with E-state index in [1.54, 1.807) is 6.20 Å². The van der Waals surface area contributed by atoms with Crippen molar-refractivity contribution in [3.63, 3.8) is 0 Å². The number of amides is 2. The Bertz CT molecular complexity index is 952. The molecule has 0 saturated heterocycles. The minimum atomic E-state index is -0.314. The van der Waals surface area contributed by atoms with Crippen molar-refractivity contribution in [3.05, 3.63) is 41.3 Å². The van der Waals surface area contributed by atoms with Crippen LogP contribution >= 0.6 is 0 Å². The molecule has 2 aliphatic carbocycles. The molecule has 2 aliphatic rings. The summed E-state index contributed by atoms with van der Waals surface area (Å²) in [6.07, 6.45) is 6.43. The number of rotatable bonds is 7. The monoisotopic (exact) mass is 425 g/mol. The Kier molecular flexibility index (Phi) is 5.98. The second-order valence-corrected chi connectivity index (χ2v) is 9.32. The molecule has 0 radical (unpaired) electrons. The molecule has 8 heteroatoms. The molecule has 2 unspecified atom stereocenters. The number of hydrogen-bond acceptors (Lipinski definition) is 5. The Morgan fingerprint density at radius 1 is 1.32 bits per heavy atom. The predicted octanol–water partition coefficient (Wildman–Crippen LogP) is 3.85. The summed E-state index contributed by atoms with van der Waals surface area (Å²) in [6, 6.07) is 5.71. The third kappa shape index (κ3) is 5.62. The number of carbonyl (C=O) groups is 2. The van der Waals surface area contributed by atoms with Crippen LogP contribution in [0.4, 0.5) is 10.6 Å². The SMILES string of the molecule is Cc1ccnc(CC(=O)Nc2cc([C@H]3CCC(C(C)OC(=O)NC4(C)CC4)C3)[nH]n2)c1. The van der Waals surface area contributed by atoms with Gasteiger partial charge in [0.15, 0.2) is 5.82 Å². The summed E-state index contributed by atoms with van der Waals surface area (Å²) in [5.41, 5.74) is 2.75. The van der Waals surface area contributed by atoms with Crippen LogP contribution in [0, 0.1) is 12.8 Å². The molecule has 0 bridgehead atoms. The Morgan fingerprint density at radius 3 is 2.87 bits per heavy atom. The number of H-pyrrole nitrogens is 1. The zero-order valence-corrected chi connectivity index (χ0v) is 18.4. The average Bonchev–Trinajstić information content (AvgIpc) is 3.11. The van der Waals surface area contributed by atoms with Crippen molar-refractivity contribution in [1.82, 2.24) is 20.5 Å². The number of carbonyl (C=O) groups excluding carboxylic acids is 2. The van der Waals surface area contributed by atoms with Gasteiger partial charge in [-0.25, -0.2) is 4.79 Å². The first-order valence-electron chi connectivity index (χ1n) is 11.1. The molecule has 3 atom stereocenters. The van der Waals surface area contributed by atoms with E-state index in [0.29, 0.717) is 17.7 Å². The molecular weight excluding hydrogens is 394 g/mol. The van der Waals surface area contributed by atoms with Gasteiger partial charge in [-0.05, 0) is 76.5 Å². The predicted molar refractivity (Wildman–Crippen MR) is 117 cm³/mol. The molecule has 2 fully saturated rings.